The first kappa shape index (κ1) is 17.4. The van der Waals surface area contributed by atoms with Crippen LogP contribution in [-0.4, -0.2) is 9.55 Å². The summed E-state index contributed by atoms with van der Waals surface area (Å²) in [6.07, 6.45) is 0. The minimum atomic E-state index is -0.876. The molecule has 0 N–H and O–H groups in total. The Hall–Kier alpha value is -2.03. The number of aromatic nitrogens is 2. The minimum absolute atomic E-state index is 0.137. The van der Waals surface area contributed by atoms with Crippen LogP contribution in [0.1, 0.15) is 5.56 Å². The van der Waals surface area contributed by atoms with E-state index >= 15 is 0 Å². The van der Waals surface area contributed by atoms with E-state index in [2.05, 4.69) is 4.98 Å². The molecule has 0 fully saturated rings. The normalized spacial score (nSPS) is 11.3. The van der Waals surface area contributed by atoms with Crippen molar-refractivity contribution in [3.8, 4) is 10.4 Å². The maximum Gasteiger partial charge on any atom is 0.263 e. The Morgan fingerprint density at radius 1 is 1.19 bits per heavy atom. The molecule has 0 aliphatic heterocycles. The molecule has 0 aliphatic carbocycles. The number of thiophene rings is 2. The molecule has 0 saturated heterocycles. The summed E-state index contributed by atoms with van der Waals surface area (Å²) in [7, 11) is 1.65. The largest absolute Gasteiger partial charge is 0.290 e. The van der Waals surface area contributed by atoms with Gasteiger partial charge in [-0.3, -0.25) is 9.36 Å². The van der Waals surface area contributed by atoms with Gasteiger partial charge in [0.15, 0.2) is 16.8 Å². The second kappa shape index (κ2) is 6.94. The van der Waals surface area contributed by atoms with Crippen LogP contribution in [0.15, 0.2) is 51.0 Å². The predicted octanol–water partition coefficient (Wildman–Crippen LogP) is 5.29. The number of rotatable bonds is 4. The van der Waals surface area contributed by atoms with Gasteiger partial charge < -0.3 is 0 Å². The van der Waals surface area contributed by atoms with E-state index in [-0.39, 0.29) is 16.9 Å². The Balaban J connectivity index is 1.72. The Bertz CT molecular complexity index is 1150. The van der Waals surface area contributed by atoms with Crippen molar-refractivity contribution in [3.63, 3.8) is 0 Å². The highest BCUT2D eigenvalue weighted by molar-refractivity contribution is 7.98. The first-order valence-corrected chi connectivity index (χ1v) is 10.4. The highest BCUT2D eigenvalue weighted by atomic mass is 32.2. The number of halogens is 2. The second-order valence-corrected chi connectivity index (χ2v) is 8.32. The Morgan fingerprint density at radius 2 is 2.04 bits per heavy atom. The van der Waals surface area contributed by atoms with E-state index in [4.69, 9.17) is 0 Å². The molecule has 4 aromatic rings. The van der Waals surface area contributed by atoms with Crippen LogP contribution in [-0.2, 0) is 12.8 Å². The zero-order valence-corrected chi connectivity index (χ0v) is 16.0. The van der Waals surface area contributed by atoms with Gasteiger partial charge in [0.25, 0.3) is 5.56 Å². The fraction of sp³-hybridized carbons (Fsp3) is 0.111. The SMILES string of the molecule is Cn1c(SCc2cccc(F)c2F)nc2scc(-c3cccs3)c2c1=O. The van der Waals surface area contributed by atoms with Gasteiger partial charge >= 0.3 is 0 Å². The summed E-state index contributed by atoms with van der Waals surface area (Å²) in [4.78, 5) is 19.1. The molecule has 0 saturated carbocycles. The molecule has 3 aromatic heterocycles. The fourth-order valence-electron chi connectivity index (χ4n) is 2.60. The van der Waals surface area contributed by atoms with Crippen molar-refractivity contribution in [1.29, 1.82) is 0 Å². The van der Waals surface area contributed by atoms with Gasteiger partial charge in [-0.05, 0) is 17.5 Å². The van der Waals surface area contributed by atoms with Gasteiger partial charge in [-0.1, -0.05) is 30.0 Å². The Labute approximate surface area is 160 Å². The van der Waals surface area contributed by atoms with Crippen LogP contribution in [0.5, 0.6) is 0 Å². The first-order valence-electron chi connectivity index (χ1n) is 7.64. The molecular formula is C18H12F2N2OS3. The summed E-state index contributed by atoms with van der Waals surface area (Å²) in [6.45, 7) is 0. The lowest BCUT2D eigenvalue weighted by Gasteiger charge is -2.08. The Morgan fingerprint density at radius 3 is 2.81 bits per heavy atom. The van der Waals surface area contributed by atoms with Crippen molar-refractivity contribution in [2.24, 2.45) is 7.05 Å². The highest BCUT2D eigenvalue weighted by Gasteiger charge is 2.17. The van der Waals surface area contributed by atoms with Gasteiger partial charge in [-0.15, -0.1) is 22.7 Å². The quantitative estimate of drug-likeness (QED) is 0.341. The van der Waals surface area contributed by atoms with Gasteiger partial charge in [0.2, 0.25) is 0 Å². The number of hydrogen-bond donors (Lipinski definition) is 0. The molecule has 3 heterocycles. The van der Waals surface area contributed by atoms with E-state index in [0.29, 0.717) is 15.4 Å². The number of hydrogen-bond acceptors (Lipinski definition) is 5. The first-order chi connectivity index (χ1) is 12.6. The third kappa shape index (κ3) is 2.98. The van der Waals surface area contributed by atoms with Gasteiger partial charge in [0.1, 0.15) is 4.83 Å². The van der Waals surface area contributed by atoms with Gasteiger partial charge in [-0.2, -0.15) is 0 Å². The average molecular weight is 407 g/mol. The summed E-state index contributed by atoms with van der Waals surface area (Å²) in [6, 6.07) is 8.00. The molecule has 0 radical (unpaired) electrons. The van der Waals surface area contributed by atoms with Crippen molar-refractivity contribution < 1.29 is 8.78 Å². The van der Waals surface area contributed by atoms with E-state index < -0.39 is 11.6 Å². The van der Waals surface area contributed by atoms with E-state index in [0.717, 1.165) is 16.5 Å². The molecular weight excluding hydrogens is 394 g/mol. The third-order valence-corrected chi connectivity index (χ3v) is 6.80. The van der Waals surface area contributed by atoms with Crippen LogP contribution < -0.4 is 5.56 Å². The van der Waals surface area contributed by atoms with Crippen molar-refractivity contribution in [1.82, 2.24) is 9.55 Å². The van der Waals surface area contributed by atoms with E-state index in [9.17, 15) is 13.6 Å². The highest BCUT2D eigenvalue weighted by Crippen LogP contribution is 2.34. The molecule has 0 amide bonds. The van der Waals surface area contributed by atoms with Gasteiger partial charge in [-0.25, -0.2) is 13.8 Å². The molecule has 0 bridgehead atoms. The molecule has 1 aromatic carbocycles. The predicted molar refractivity (Wildman–Crippen MR) is 104 cm³/mol. The monoisotopic (exact) mass is 406 g/mol. The lowest BCUT2D eigenvalue weighted by Crippen LogP contribution is -2.19. The average Bonchev–Trinajstić information content (AvgIpc) is 3.29. The van der Waals surface area contributed by atoms with Crippen LogP contribution in [0, 0.1) is 11.6 Å². The summed E-state index contributed by atoms with van der Waals surface area (Å²) < 4.78 is 28.6. The maximum absolute atomic E-state index is 13.8. The van der Waals surface area contributed by atoms with E-state index in [1.807, 2.05) is 22.9 Å². The second-order valence-electron chi connectivity index (χ2n) is 5.57. The van der Waals surface area contributed by atoms with Gasteiger partial charge in [0, 0.05) is 34.2 Å². The van der Waals surface area contributed by atoms with Crippen molar-refractivity contribution in [2.75, 3.05) is 0 Å². The van der Waals surface area contributed by atoms with E-state index in [1.54, 1.807) is 18.4 Å². The van der Waals surface area contributed by atoms with E-state index in [1.165, 1.54) is 39.8 Å². The topological polar surface area (TPSA) is 34.9 Å². The zero-order chi connectivity index (χ0) is 18.3. The summed E-state index contributed by atoms with van der Waals surface area (Å²) >= 11 is 4.20. The van der Waals surface area contributed by atoms with Crippen molar-refractivity contribution in [3.05, 3.63) is 68.6 Å². The Kier molecular flexibility index (Phi) is 4.64. The lowest BCUT2D eigenvalue weighted by atomic mass is 10.2. The molecule has 0 unspecified atom stereocenters. The van der Waals surface area contributed by atoms with Crippen LogP contribution in [0.2, 0.25) is 0 Å². The molecule has 0 spiro atoms. The molecule has 4 rings (SSSR count). The third-order valence-electron chi connectivity index (χ3n) is 3.95. The summed E-state index contributed by atoms with van der Waals surface area (Å²) in [5.74, 6) is -1.54. The molecule has 8 heteroatoms. The number of fused-ring (bicyclic) bond motifs is 1. The number of benzene rings is 1. The van der Waals surface area contributed by atoms with Crippen LogP contribution in [0.3, 0.4) is 0 Å². The van der Waals surface area contributed by atoms with Crippen molar-refractivity contribution >= 4 is 44.7 Å². The fourth-order valence-corrected chi connectivity index (χ4v) is 5.35. The van der Waals surface area contributed by atoms with Crippen molar-refractivity contribution in [2.45, 2.75) is 10.9 Å². The van der Waals surface area contributed by atoms with Gasteiger partial charge in [0.05, 0.1) is 5.39 Å². The standard InChI is InChI=1S/C18H12F2N2OS3/c1-22-17(23)14-11(13-6-3-7-24-13)9-25-16(14)21-18(22)26-8-10-4-2-5-12(19)15(10)20/h2-7,9H,8H2,1H3. The van der Waals surface area contributed by atoms with Crippen LogP contribution in [0.4, 0.5) is 8.78 Å². The summed E-state index contributed by atoms with van der Waals surface area (Å²) in [5, 5.41) is 4.98. The maximum atomic E-state index is 13.8. The van der Waals surface area contributed by atoms with Crippen LogP contribution in [0.25, 0.3) is 20.7 Å². The molecule has 132 valence electrons. The van der Waals surface area contributed by atoms with Crippen LogP contribution >= 0.6 is 34.4 Å². The molecule has 0 aliphatic rings. The molecule has 26 heavy (non-hydrogen) atoms. The smallest absolute Gasteiger partial charge is 0.263 e. The summed E-state index contributed by atoms with van der Waals surface area (Å²) in [5.41, 5.74) is 0.998. The zero-order valence-electron chi connectivity index (χ0n) is 13.5. The number of nitrogens with zero attached hydrogens (tertiary/aromatic N) is 2. The lowest BCUT2D eigenvalue weighted by molar-refractivity contribution is 0.502. The molecule has 3 nitrogen and oxygen atoms in total. The molecule has 0 atom stereocenters. The number of thioether (sulfide) groups is 1. The minimum Gasteiger partial charge on any atom is -0.290 e.